The van der Waals surface area contributed by atoms with Gasteiger partial charge in [-0.05, 0) is 50.1 Å². The summed E-state index contributed by atoms with van der Waals surface area (Å²) in [4.78, 5) is 12.1. The molecule has 0 aliphatic carbocycles. The first-order chi connectivity index (χ1) is 11.5. The third-order valence-corrected chi connectivity index (χ3v) is 4.62. The third kappa shape index (κ3) is 5.77. The number of anilines is 1. The summed E-state index contributed by atoms with van der Waals surface area (Å²) < 4.78 is 5.60. The molecule has 2 aromatic rings. The molecular formula is C19H22ClNO2S. The molecule has 5 heteroatoms. The zero-order valence-corrected chi connectivity index (χ0v) is 15.8. The first kappa shape index (κ1) is 18.7. The fourth-order valence-electron chi connectivity index (χ4n) is 2.49. The van der Waals surface area contributed by atoms with Gasteiger partial charge in [-0.25, -0.2) is 0 Å². The van der Waals surface area contributed by atoms with Crippen LogP contribution in [0.2, 0.25) is 5.02 Å². The lowest BCUT2D eigenvalue weighted by atomic mass is 10.1. The summed E-state index contributed by atoms with van der Waals surface area (Å²) >= 11 is 7.45. The first-order valence-electron chi connectivity index (χ1n) is 7.79. The second-order valence-corrected chi connectivity index (χ2v) is 7.22. The molecule has 3 nitrogen and oxygen atoms in total. The average Bonchev–Trinajstić information content (AvgIpc) is 2.50. The maximum atomic E-state index is 12.1. The molecule has 0 fully saturated rings. The van der Waals surface area contributed by atoms with E-state index in [0.29, 0.717) is 17.4 Å². The van der Waals surface area contributed by atoms with Crippen LogP contribution in [0.1, 0.15) is 16.7 Å². The molecule has 0 heterocycles. The highest BCUT2D eigenvalue weighted by atomic mass is 35.5. The van der Waals surface area contributed by atoms with E-state index in [1.165, 1.54) is 5.56 Å². The summed E-state index contributed by atoms with van der Waals surface area (Å²) in [6.45, 7) is 6.63. The van der Waals surface area contributed by atoms with Crippen molar-refractivity contribution >= 4 is 35.0 Å². The monoisotopic (exact) mass is 363 g/mol. The number of aryl methyl sites for hydroxylation is 3. The molecule has 2 rings (SSSR count). The van der Waals surface area contributed by atoms with Crippen molar-refractivity contribution in [3.63, 3.8) is 0 Å². The molecule has 0 unspecified atom stereocenters. The van der Waals surface area contributed by atoms with Crippen molar-refractivity contribution in [3.05, 3.63) is 58.1 Å². The van der Waals surface area contributed by atoms with Crippen LogP contribution in [-0.4, -0.2) is 24.0 Å². The minimum Gasteiger partial charge on any atom is -0.493 e. The highest BCUT2D eigenvalue weighted by Crippen LogP contribution is 2.22. The average molecular weight is 364 g/mol. The van der Waals surface area contributed by atoms with E-state index in [9.17, 15) is 4.79 Å². The van der Waals surface area contributed by atoms with Crippen molar-refractivity contribution in [1.29, 1.82) is 0 Å². The number of carbonyl (C=O) groups is 1. The van der Waals surface area contributed by atoms with Gasteiger partial charge in [-0.15, -0.1) is 11.8 Å². The van der Waals surface area contributed by atoms with Gasteiger partial charge >= 0.3 is 0 Å². The normalized spacial score (nSPS) is 10.5. The van der Waals surface area contributed by atoms with Gasteiger partial charge in [0.05, 0.1) is 12.4 Å². The summed E-state index contributed by atoms with van der Waals surface area (Å²) in [6, 6.07) is 11.5. The Morgan fingerprint density at radius 3 is 2.54 bits per heavy atom. The van der Waals surface area contributed by atoms with Crippen LogP contribution in [0.5, 0.6) is 5.75 Å². The zero-order valence-electron chi connectivity index (χ0n) is 14.2. The second kappa shape index (κ2) is 9.00. The van der Waals surface area contributed by atoms with Gasteiger partial charge in [0.15, 0.2) is 0 Å². The van der Waals surface area contributed by atoms with Crippen LogP contribution in [0.15, 0.2) is 36.4 Å². The van der Waals surface area contributed by atoms with Crippen molar-refractivity contribution in [3.8, 4) is 5.75 Å². The van der Waals surface area contributed by atoms with Gasteiger partial charge in [-0.3, -0.25) is 4.79 Å². The van der Waals surface area contributed by atoms with E-state index in [1.807, 2.05) is 32.0 Å². The molecule has 2 aromatic carbocycles. The van der Waals surface area contributed by atoms with Gasteiger partial charge < -0.3 is 10.1 Å². The Labute approximate surface area is 152 Å². The molecular weight excluding hydrogens is 342 g/mol. The number of rotatable bonds is 7. The lowest BCUT2D eigenvalue weighted by molar-refractivity contribution is -0.113. The largest absolute Gasteiger partial charge is 0.493 e. The Morgan fingerprint density at radius 1 is 1.17 bits per heavy atom. The van der Waals surface area contributed by atoms with Gasteiger partial charge in [0, 0.05) is 16.5 Å². The second-order valence-electron chi connectivity index (χ2n) is 5.68. The van der Waals surface area contributed by atoms with Crippen molar-refractivity contribution < 1.29 is 9.53 Å². The van der Waals surface area contributed by atoms with E-state index in [-0.39, 0.29) is 5.91 Å². The summed E-state index contributed by atoms with van der Waals surface area (Å²) in [6.07, 6.45) is 0. The molecule has 0 saturated carbocycles. The molecule has 0 aliphatic heterocycles. The van der Waals surface area contributed by atoms with Crippen LogP contribution in [0.3, 0.4) is 0 Å². The van der Waals surface area contributed by atoms with Crippen LogP contribution in [0.25, 0.3) is 0 Å². The van der Waals surface area contributed by atoms with E-state index in [0.717, 1.165) is 28.3 Å². The Kier molecular flexibility index (Phi) is 7.00. The Morgan fingerprint density at radius 2 is 1.88 bits per heavy atom. The molecule has 0 aromatic heterocycles. The van der Waals surface area contributed by atoms with Crippen LogP contribution < -0.4 is 10.1 Å². The van der Waals surface area contributed by atoms with Crippen LogP contribution >= 0.6 is 23.4 Å². The van der Waals surface area contributed by atoms with Crippen molar-refractivity contribution in [2.75, 3.05) is 23.4 Å². The zero-order chi connectivity index (χ0) is 17.5. The molecule has 0 radical (unpaired) electrons. The van der Waals surface area contributed by atoms with Gasteiger partial charge in [0.2, 0.25) is 5.91 Å². The Bertz CT molecular complexity index is 695. The van der Waals surface area contributed by atoms with Gasteiger partial charge in [0.1, 0.15) is 5.75 Å². The molecule has 1 N–H and O–H groups in total. The van der Waals surface area contributed by atoms with Crippen molar-refractivity contribution in [2.24, 2.45) is 0 Å². The third-order valence-electron chi connectivity index (χ3n) is 3.47. The van der Waals surface area contributed by atoms with E-state index in [2.05, 4.69) is 24.4 Å². The lowest BCUT2D eigenvalue weighted by Crippen LogP contribution is -2.16. The molecule has 24 heavy (non-hydrogen) atoms. The highest BCUT2D eigenvalue weighted by Gasteiger charge is 2.08. The Balaban J connectivity index is 1.72. The molecule has 0 spiro atoms. The molecule has 0 aliphatic rings. The summed E-state index contributed by atoms with van der Waals surface area (Å²) in [7, 11) is 0. The fraction of sp³-hybridized carbons (Fsp3) is 0.316. The number of ether oxygens (including phenoxy) is 1. The van der Waals surface area contributed by atoms with E-state index < -0.39 is 0 Å². The van der Waals surface area contributed by atoms with Crippen LogP contribution in [0, 0.1) is 20.8 Å². The minimum absolute atomic E-state index is 0.0119. The number of carbonyl (C=O) groups excluding carboxylic acids is 1. The molecule has 1 amide bonds. The number of thioether (sulfide) groups is 1. The van der Waals surface area contributed by atoms with Gasteiger partial charge in [-0.1, -0.05) is 35.4 Å². The predicted molar refractivity (Wildman–Crippen MR) is 104 cm³/mol. The minimum atomic E-state index is 0.0119. The van der Waals surface area contributed by atoms with E-state index in [4.69, 9.17) is 16.3 Å². The number of hydrogen-bond acceptors (Lipinski definition) is 3. The van der Waals surface area contributed by atoms with E-state index in [1.54, 1.807) is 17.8 Å². The fourth-order valence-corrected chi connectivity index (χ4v) is 3.28. The highest BCUT2D eigenvalue weighted by molar-refractivity contribution is 7.99. The first-order valence-corrected chi connectivity index (χ1v) is 9.33. The maximum Gasteiger partial charge on any atom is 0.234 e. The Hall–Kier alpha value is -1.65. The summed E-state index contributed by atoms with van der Waals surface area (Å²) in [5, 5.41) is 3.66. The van der Waals surface area contributed by atoms with Crippen LogP contribution in [-0.2, 0) is 4.79 Å². The lowest BCUT2D eigenvalue weighted by Gasteiger charge is -2.13. The molecule has 0 bridgehead atoms. The standard InChI is InChI=1S/C19H22ClNO2S/c1-13-9-14(2)19(15(3)10-13)21-18(22)12-24-8-7-23-17-6-4-5-16(20)11-17/h4-6,9-11H,7-8,12H2,1-3H3,(H,21,22). The predicted octanol–water partition coefficient (Wildman–Crippen LogP) is 5.02. The van der Waals surface area contributed by atoms with Crippen molar-refractivity contribution in [2.45, 2.75) is 20.8 Å². The number of nitrogens with one attached hydrogen (secondary N) is 1. The topological polar surface area (TPSA) is 38.3 Å². The van der Waals surface area contributed by atoms with Crippen molar-refractivity contribution in [1.82, 2.24) is 0 Å². The summed E-state index contributed by atoms with van der Waals surface area (Å²) in [5.41, 5.74) is 4.31. The quantitative estimate of drug-likeness (QED) is 0.702. The number of amides is 1. The van der Waals surface area contributed by atoms with Gasteiger partial charge in [-0.2, -0.15) is 0 Å². The molecule has 0 atom stereocenters. The molecule has 128 valence electrons. The smallest absolute Gasteiger partial charge is 0.234 e. The van der Waals surface area contributed by atoms with Crippen LogP contribution in [0.4, 0.5) is 5.69 Å². The molecule has 0 saturated heterocycles. The maximum absolute atomic E-state index is 12.1. The number of benzene rings is 2. The number of hydrogen-bond donors (Lipinski definition) is 1. The van der Waals surface area contributed by atoms with Gasteiger partial charge in [0.25, 0.3) is 0 Å². The summed E-state index contributed by atoms with van der Waals surface area (Å²) in [5.74, 6) is 1.91. The van der Waals surface area contributed by atoms with E-state index >= 15 is 0 Å². The number of halogens is 1. The SMILES string of the molecule is Cc1cc(C)c(NC(=O)CSCCOc2cccc(Cl)c2)c(C)c1.